The van der Waals surface area contributed by atoms with Gasteiger partial charge >= 0.3 is 5.63 Å². The van der Waals surface area contributed by atoms with E-state index in [0.29, 0.717) is 46.4 Å². The second kappa shape index (κ2) is 8.40. The molecule has 1 N–H and O–H groups in total. The zero-order valence-corrected chi connectivity index (χ0v) is 17.6. The summed E-state index contributed by atoms with van der Waals surface area (Å²) in [6.45, 7) is 3.73. The molecule has 2 heterocycles. The van der Waals surface area contributed by atoms with E-state index in [-0.39, 0.29) is 5.75 Å². The molecule has 158 valence electrons. The van der Waals surface area contributed by atoms with Crippen molar-refractivity contribution in [1.82, 2.24) is 4.90 Å². The highest BCUT2D eigenvalue weighted by molar-refractivity contribution is 5.86. The molecule has 0 bridgehead atoms. The lowest BCUT2D eigenvalue weighted by atomic mass is 10.0. The van der Waals surface area contributed by atoms with E-state index in [1.54, 1.807) is 50.6 Å². The lowest BCUT2D eigenvalue weighted by molar-refractivity contribution is 0.151. The highest BCUT2D eigenvalue weighted by atomic mass is 16.5. The fraction of sp³-hybridized carbons (Fsp3) is 0.375. The quantitative estimate of drug-likeness (QED) is 0.623. The van der Waals surface area contributed by atoms with Gasteiger partial charge in [0.15, 0.2) is 0 Å². The molecule has 0 amide bonds. The molecule has 3 aromatic rings. The van der Waals surface area contributed by atoms with Gasteiger partial charge in [0.2, 0.25) is 0 Å². The topological polar surface area (TPSA) is 72.1 Å². The van der Waals surface area contributed by atoms with E-state index in [2.05, 4.69) is 11.8 Å². The first-order valence-electron chi connectivity index (χ1n) is 10.3. The number of likely N-dealkylation sites (tertiary alicyclic amines) is 1. The van der Waals surface area contributed by atoms with Crippen LogP contribution < -0.4 is 15.1 Å². The van der Waals surface area contributed by atoms with Crippen molar-refractivity contribution < 1.29 is 19.0 Å². The van der Waals surface area contributed by atoms with Crippen molar-refractivity contribution >= 4 is 11.0 Å². The Balaban J connectivity index is 1.80. The molecule has 4 rings (SSSR count). The minimum Gasteiger partial charge on any atom is -0.507 e. The number of ether oxygens (including phenoxy) is 2. The average molecular weight is 409 g/mol. The van der Waals surface area contributed by atoms with Gasteiger partial charge in [0, 0.05) is 29.6 Å². The van der Waals surface area contributed by atoms with Crippen molar-refractivity contribution in [3.8, 4) is 28.4 Å². The first kappa shape index (κ1) is 20.3. The Morgan fingerprint density at radius 2 is 1.93 bits per heavy atom. The van der Waals surface area contributed by atoms with Gasteiger partial charge in [-0.2, -0.15) is 0 Å². The molecule has 1 aliphatic rings. The molecule has 1 atom stereocenters. The molecule has 1 saturated heterocycles. The van der Waals surface area contributed by atoms with Crippen molar-refractivity contribution in [1.29, 1.82) is 0 Å². The molecule has 1 aromatic heterocycles. The third-order valence-electron chi connectivity index (χ3n) is 5.98. The van der Waals surface area contributed by atoms with Crippen molar-refractivity contribution in [3.05, 3.63) is 52.4 Å². The van der Waals surface area contributed by atoms with E-state index < -0.39 is 5.63 Å². The van der Waals surface area contributed by atoms with Gasteiger partial charge in [0.1, 0.15) is 22.8 Å². The molecule has 6 nitrogen and oxygen atoms in total. The molecule has 30 heavy (non-hydrogen) atoms. The largest absolute Gasteiger partial charge is 0.507 e. The maximum Gasteiger partial charge on any atom is 0.344 e. The number of rotatable bonds is 5. The summed E-state index contributed by atoms with van der Waals surface area (Å²) in [4.78, 5) is 15.3. The Hall–Kier alpha value is -2.99. The number of phenols is 1. The zero-order chi connectivity index (χ0) is 21.3. The molecule has 1 fully saturated rings. The minimum absolute atomic E-state index is 0.151. The predicted molar refractivity (Wildman–Crippen MR) is 116 cm³/mol. The second-order valence-corrected chi connectivity index (χ2v) is 7.81. The molecule has 0 saturated carbocycles. The summed E-state index contributed by atoms with van der Waals surface area (Å²) in [7, 11) is 3.13. The Kier molecular flexibility index (Phi) is 5.68. The maximum atomic E-state index is 12.9. The van der Waals surface area contributed by atoms with Crippen LogP contribution in [-0.2, 0) is 6.54 Å². The third kappa shape index (κ3) is 3.75. The molecule has 0 aliphatic carbocycles. The van der Waals surface area contributed by atoms with Gasteiger partial charge in [-0.3, -0.25) is 4.90 Å². The van der Waals surface area contributed by atoms with E-state index >= 15 is 0 Å². The summed E-state index contributed by atoms with van der Waals surface area (Å²) in [5.41, 5.74) is 1.67. The van der Waals surface area contributed by atoms with Crippen LogP contribution in [0.3, 0.4) is 0 Å². The molecule has 0 radical (unpaired) electrons. The molecular formula is C24H27NO5. The number of piperidine rings is 1. The Labute approximate surface area is 175 Å². The highest BCUT2D eigenvalue weighted by Gasteiger charge is 2.22. The van der Waals surface area contributed by atoms with E-state index in [0.717, 1.165) is 24.8 Å². The van der Waals surface area contributed by atoms with Crippen LogP contribution in [-0.4, -0.2) is 36.8 Å². The number of aromatic hydroxyl groups is 1. The van der Waals surface area contributed by atoms with Gasteiger partial charge in [0.25, 0.3) is 0 Å². The molecule has 1 aliphatic heterocycles. The lowest BCUT2D eigenvalue weighted by Gasteiger charge is -2.33. The van der Waals surface area contributed by atoms with Crippen molar-refractivity contribution in [2.24, 2.45) is 0 Å². The van der Waals surface area contributed by atoms with Gasteiger partial charge in [-0.05, 0) is 56.6 Å². The number of benzene rings is 2. The summed E-state index contributed by atoms with van der Waals surface area (Å²) < 4.78 is 16.5. The minimum atomic E-state index is -0.468. The standard InChI is InChI=1S/C24H27NO5/c1-15-6-4-5-11-25(15)14-20-21(26)10-7-16-12-19(24(27)30-23(16)20)18-9-8-17(28-2)13-22(18)29-3/h7-10,12-13,15,26H,4-6,11,14H2,1-3H3. The molecule has 2 aromatic carbocycles. The van der Waals surface area contributed by atoms with E-state index in [9.17, 15) is 9.90 Å². The highest BCUT2D eigenvalue weighted by Crippen LogP contribution is 2.35. The van der Waals surface area contributed by atoms with Gasteiger partial charge in [0.05, 0.1) is 25.3 Å². The van der Waals surface area contributed by atoms with Crippen molar-refractivity contribution in [2.75, 3.05) is 20.8 Å². The third-order valence-corrected chi connectivity index (χ3v) is 5.98. The van der Waals surface area contributed by atoms with E-state index in [1.165, 1.54) is 6.42 Å². The second-order valence-electron chi connectivity index (χ2n) is 7.81. The summed E-state index contributed by atoms with van der Waals surface area (Å²) >= 11 is 0. The van der Waals surface area contributed by atoms with Gasteiger partial charge in [-0.25, -0.2) is 4.79 Å². The summed E-state index contributed by atoms with van der Waals surface area (Å²) in [6, 6.07) is 11.0. The van der Waals surface area contributed by atoms with Crippen LogP contribution in [0.25, 0.3) is 22.1 Å². The summed E-state index contributed by atoms with van der Waals surface area (Å²) in [5.74, 6) is 1.32. The number of hydrogen-bond donors (Lipinski definition) is 1. The Morgan fingerprint density at radius 1 is 1.10 bits per heavy atom. The fourth-order valence-corrected chi connectivity index (χ4v) is 4.19. The Morgan fingerprint density at radius 3 is 2.67 bits per heavy atom. The lowest BCUT2D eigenvalue weighted by Crippen LogP contribution is -2.36. The van der Waals surface area contributed by atoms with Crippen LogP contribution in [0.2, 0.25) is 0 Å². The number of phenolic OH excluding ortho intramolecular Hbond substituents is 1. The SMILES string of the molecule is COc1ccc(-c2cc3ccc(O)c(CN4CCCCC4C)c3oc2=O)c(OC)c1. The predicted octanol–water partition coefficient (Wildman–Crippen LogP) is 4.56. The average Bonchev–Trinajstić information content (AvgIpc) is 2.76. The van der Waals surface area contributed by atoms with Gasteiger partial charge in [-0.15, -0.1) is 0 Å². The maximum absolute atomic E-state index is 12.9. The van der Waals surface area contributed by atoms with Gasteiger partial charge < -0.3 is 19.0 Å². The number of nitrogens with zero attached hydrogens (tertiary/aromatic N) is 1. The van der Waals surface area contributed by atoms with Crippen LogP contribution in [0, 0.1) is 0 Å². The first-order valence-corrected chi connectivity index (χ1v) is 10.3. The monoisotopic (exact) mass is 409 g/mol. The van der Waals surface area contributed by atoms with Crippen LogP contribution in [0.15, 0.2) is 45.6 Å². The summed E-state index contributed by atoms with van der Waals surface area (Å²) in [5, 5.41) is 11.3. The zero-order valence-electron chi connectivity index (χ0n) is 17.6. The number of hydrogen-bond acceptors (Lipinski definition) is 6. The number of methoxy groups -OCH3 is 2. The molecule has 6 heteroatoms. The fourth-order valence-electron chi connectivity index (χ4n) is 4.19. The van der Waals surface area contributed by atoms with Crippen LogP contribution in [0.1, 0.15) is 31.7 Å². The molecule has 0 spiro atoms. The van der Waals surface area contributed by atoms with Gasteiger partial charge in [-0.1, -0.05) is 6.42 Å². The smallest absolute Gasteiger partial charge is 0.344 e. The van der Waals surface area contributed by atoms with Crippen molar-refractivity contribution in [2.45, 2.75) is 38.8 Å². The molecular weight excluding hydrogens is 382 g/mol. The Bertz CT molecular complexity index is 1120. The summed E-state index contributed by atoms with van der Waals surface area (Å²) in [6.07, 6.45) is 3.50. The van der Waals surface area contributed by atoms with Crippen molar-refractivity contribution in [3.63, 3.8) is 0 Å². The number of fused-ring (bicyclic) bond motifs is 1. The normalized spacial score (nSPS) is 17.2. The van der Waals surface area contributed by atoms with Crippen LogP contribution in [0.4, 0.5) is 0 Å². The first-order chi connectivity index (χ1) is 14.5. The van der Waals surface area contributed by atoms with Crippen LogP contribution >= 0.6 is 0 Å². The van der Waals surface area contributed by atoms with Crippen LogP contribution in [0.5, 0.6) is 17.2 Å². The van der Waals surface area contributed by atoms with E-state index in [4.69, 9.17) is 13.9 Å². The molecule has 1 unspecified atom stereocenters. The van der Waals surface area contributed by atoms with E-state index in [1.807, 2.05) is 0 Å².